The van der Waals surface area contributed by atoms with Crippen molar-refractivity contribution in [1.29, 1.82) is 0 Å². The minimum absolute atomic E-state index is 0.553. The van der Waals surface area contributed by atoms with Crippen LogP contribution >= 0.6 is 11.8 Å². The summed E-state index contributed by atoms with van der Waals surface area (Å²) in [5.41, 5.74) is 2.95. The second-order valence-electron chi connectivity index (χ2n) is 5.31. The molecule has 3 aromatic carbocycles. The molecular formula is C19H16S. The first kappa shape index (κ1) is 12.0. The Labute approximate surface area is 123 Å². The van der Waals surface area contributed by atoms with E-state index in [1.54, 1.807) is 0 Å². The predicted octanol–water partition coefficient (Wildman–Crippen LogP) is 5.47. The molecule has 1 heterocycles. The Kier molecular flexibility index (Phi) is 3.00. The van der Waals surface area contributed by atoms with E-state index in [1.807, 2.05) is 11.8 Å². The number of hydrogen-bond donors (Lipinski definition) is 0. The average Bonchev–Trinajstić information content (AvgIpc) is 2.55. The van der Waals surface area contributed by atoms with Gasteiger partial charge in [-0.3, -0.25) is 0 Å². The third-order valence-corrected chi connectivity index (χ3v) is 5.32. The largest absolute Gasteiger partial charge is 0.125 e. The molecule has 0 saturated heterocycles. The maximum Gasteiger partial charge on any atom is 0.0189 e. The van der Waals surface area contributed by atoms with Crippen molar-refractivity contribution in [2.75, 3.05) is 5.75 Å². The molecule has 1 aliphatic rings. The van der Waals surface area contributed by atoms with Gasteiger partial charge < -0.3 is 0 Å². The maximum atomic E-state index is 2.33. The molecule has 0 nitrogen and oxygen atoms in total. The highest BCUT2D eigenvalue weighted by molar-refractivity contribution is 7.99. The normalized spacial score (nSPS) is 17.9. The number of benzene rings is 3. The molecule has 0 aromatic heterocycles. The Morgan fingerprint density at radius 2 is 1.60 bits per heavy atom. The molecule has 0 amide bonds. The minimum Gasteiger partial charge on any atom is -0.125 e. The third-order valence-electron chi connectivity index (χ3n) is 4.14. The van der Waals surface area contributed by atoms with Gasteiger partial charge in [0.2, 0.25) is 0 Å². The van der Waals surface area contributed by atoms with Crippen molar-refractivity contribution in [2.24, 2.45) is 0 Å². The maximum absolute atomic E-state index is 2.33. The standard InChI is InChI=1S/C19H16S/c1-2-6-14(7-3-1)16-12-13-20-19-17-9-5-4-8-15(17)10-11-18(16)19/h1-11,16H,12-13H2. The van der Waals surface area contributed by atoms with E-state index in [4.69, 9.17) is 0 Å². The Bertz CT molecular complexity index is 746. The zero-order chi connectivity index (χ0) is 13.4. The van der Waals surface area contributed by atoms with Crippen LogP contribution in [0.3, 0.4) is 0 Å². The van der Waals surface area contributed by atoms with Crippen LogP contribution in [0.1, 0.15) is 23.5 Å². The number of hydrogen-bond acceptors (Lipinski definition) is 1. The van der Waals surface area contributed by atoms with Crippen LogP contribution in [-0.2, 0) is 0 Å². The Balaban J connectivity index is 1.92. The summed E-state index contributed by atoms with van der Waals surface area (Å²) in [7, 11) is 0. The fourth-order valence-electron chi connectivity index (χ4n) is 3.16. The lowest BCUT2D eigenvalue weighted by molar-refractivity contribution is 0.758. The fourth-order valence-corrected chi connectivity index (χ4v) is 4.44. The van der Waals surface area contributed by atoms with Crippen molar-refractivity contribution in [3.8, 4) is 0 Å². The molecule has 0 saturated carbocycles. The smallest absolute Gasteiger partial charge is 0.0189 e. The topological polar surface area (TPSA) is 0 Å². The van der Waals surface area contributed by atoms with Gasteiger partial charge in [-0.05, 0) is 34.1 Å². The monoisotopic (exact) mass is 276 g/mol. The second kappa shape index (κ2) is 4.99. The average molecular weight is 276 g/mol. The molecule has 20 heavy (non-hydrogen) atoms. The van der Waals surface area contributed by atoms with Gasteiger partial charge in [-0.15, -0.1) is 11.8 Å². The lowest BCUT2D eigenvalue weighted by Gasteiger charge is -2.26. The van der Waals surface area contributed by atoms with Crippen molar-refractivity contribution < 1.29 is 0 Å². The zero-order valence-electron chi connectivity index (χ0n) is 11.3. The van der Waals surface area contributed by atoms with Crippen molar-refractivity contribution in [3.05, 3.63) is 77.9 Å². The van der Waals surface area contributed by atoms with Crippen LogP contribution in [0.5, 0.6) is 0 Å². The minimum atomic E-state index is 0.553. The zero-order valence-corrected chi connectivity index (χ0v) is 12.1. The van der Waals surface area contributed by atoms with Crippen molar-refractivity contribution in [1.82, 2.24) is 0 Å². The molecule has 0 radical (unpaired) electrons. The van der Waals surface area contributed by atoms with Gasteiger partial charge in [-0.1, -0.05) is 66.7 Å². The van der Waals surface area contributed by atoms with Crippen LogP contribution in [-0.4, -0.2) is 5.75 Å². The lowest BCUT2D eigenvalue weighted by atomic mass is 9.87. The molecular weight excluding hydrogens is 260 g/mol. The van der Waals surface area contributed by atoms with E-state index in [9.17, 15) is 0 Å². The molecule has 1 atom stereocenters. The summed E-state index contributed by atoms with van der Waals surface area (Å²) in [6, 6.07) is 24.3. The van der Waals surface area contributed by atoms with Crippen LogP contribution in [0.25, 0.3) is 10.8 Å². The van der Waals surface area contributed by atoms with Crippen LogP contribution < -0.4 is 0 Å². The van der Waals surface area contributed by atoms with Crippen LogP contribution in [0.2, 0.25) is 0 Å². The molecule has 1 heteroatoms. The van der Waals surface area contributed by atoms with E-state index >= 15 is 0 Å². The van der Waals surface area contributed by atoms with Gasteiger partial charge in [0.25, 0.3) is 0 Å². The Morgan fingerprint density at radius 3 is 2.50 bits per heavy atom. The summed E-state index contributed by atoms with van der Waals surface area (Å²) < 4.78 is 0. The van der Waals surface area contributed by atoms with Gasteiger partial charge in [0, 0.05) is 10.8 Å². The fraction of sp³-hybridized carbons (Fsp3) is 0.158. The molecule has 0 bridgehead atoms. The molecule has 3 aromatic rings. The SMILES string of the molecule is c1ccc(C2CCSc3c2ccc2ccccc32)cc1. The highest BCUT2D eigenvalue weighted by atomic mass is 32.2. The summed E-state index contributed by atoms with van der Waals surface area (Å²) in [6.45, 7) is 0. The second-order valence-corrected chi connectivity index (χ2v) is 6.41. The highest BCUT2D eigenvalue weighted by Crippen LogP contribution is 2.44. The van der Waals surface area contributed by atoms with Gasteiger partial charge in [-0.25, -0.2) is 0 Å². The summed E-state index contributed by atoms with van der Waals surface area (Å²) in [6.07, 6.45) is 1.24. The van der Waals surface area contributed by atoms with E-state index in [2.05, 4.69) is 66.7 Å². The Hall–Kier alpha value is -1.73. The number of rotatable bonds is 1. The third kappa shape index (κ3) is 1.94. The molecule has 1 aliphatic heterocycles. The van der Waals surface area contributed by atoms with E-state index in [0.717, 1.165) is 0 Å². The summed E-state index contributed by atoms with van der Waals surface area (Å²) in [4.78, 5) is 1.49. The van der Waals surface area contributed by atoms with Gasteiger partial charge in [0.05, 0.1) is 0 Å². The molecule has 0 aliphatic carbocycles. The quantitative estimate of drug-likeness (QED) is 0.568. The van der Waals surface area contributed by atoms with Crippen LogP contribution in [0, 0.1) is 0 Å². The summed E-state index contributed by atoms with van der Waals surface area (Å²) >= 11 is 2.02. The molecule has 4 rings (SSSR count). The first-order valence-corrected chi connectivity index (χ1v) is 8.11. The highest BCUT2D eigenvalue weighted by Gasteiger charge is 2.23. The number of thioether (sulfide) groups is 1. The number of fused-ring (bicyclic) bond motifs is 3. The molecule has 1 unspecified atom stereocenters. The van der Waals surface area contributed by atoms with Gasteiger partial charge >= 0.3 is 0 Å². The first-order valence-electron chi connectivity index (χ1n) is 7.13. The summed E-state index contributed by atoms with van der Waals surface area (Å²) in [5, 5.41) is 2.77. The summed E-state index contributed by atoms with van der Waals surface area (Å²) in [5.74, 6) is 1.76. The molecule has 0 spiro atoms. The van der Waals surface area contributed by atoms with Crippen molar-refractivity contribution in [3.63, 3.8) is 0 Å². The van der Waals surface area contributed by atoms with E-state index < -0.39 is 0 Å². The van der Waals surface area contributed by atoms with Gasteiger partial charge in [0.15, 0.2) is 0 Å². The molecule has 0 N–H and O–H groups in total. The van der Waals surface area contributed by atoms with Crippen LogP contribution in [0.15, 0.2) is 71.6 Å². The molecule has 0 fully saturated rings. The predicted molar refractivity (Wildman–Crippen MR) is 87.6 cm³/mol. The Morgan fingerprint density at radius 1 is 0.800 bits per heavy atom. The lowest BCUT2D eigenvalue weighted by Crippen LogP contribution is -2.09. The van der Waals surface area contributed by atoms with Gasteiger partial charge in [-0.2, -0.15) is 0 Å². The van der Waals surface area contributed by atoms with Crippen LogP contribution in [0.4, 0.5) is 0 Å². The van der Waals surface area contributed by atoms with E-state index in [-0.39, 0.29) is 0 Å². The van der Waals surface area contributed by atoms with Crippen molar-refractivity contribution in [2.45, 2.75) is 17.2 Å². The molecule has 98 valence electrons. The van der Waals surface area contributed by atoms with Gasteiger partial charge in [0.1, 0.15) is 0 Å². The van der Waals surface area contributed by atoms with Crippen molar-refractivity contribution >= 4 is 22.5 Å². The first-order chi connectivity index (χ1) is 9.93. The van der Waals surface area contributed by atoms with E-state index in [0.29, 0.717) is 5.92 Å². The van der Waals surface area contributed by atoms with E-state index in [1.165, 1.54) is 39.0 Å².